The van der Waals surface area contributed by atoms with E-state index in [4.69, 9.17) is 22.3 Å². The summed E-state index contributed by atoms with van der Waals surface area (Å²) in [6.45, 7) is 1.43. The van der Waals surface area contributed by atoms with Crippen molar-refractivity contribution in [2.75, 3.05) is 11.9 Å². The molecule has 106 valence electrons. The van der Waals surface area contributed by atoms with Crippen LogP contribution in [0.2, 0.25) is 5.02 Å². The third kappa shape index (κ3) is 2.97. The van der Waals surface area contributed by atoms with Crippen molar-refractivity contribution in [1.82, 2.24) is 4.98 Å². The molecule has 1 aliphatic rings. The molecule has 0 saturated heterocycles. The fourth-order valence-corrected chi connectivity index (χ4v) is 3.38. The molecule has 0 spiro atoms. The van der Waals surface area contributed by atoms with E-state index in [1.807, 2.05) is 12.1 Å². The Labute approximate surface area is 128 Å². The zero-order chi connectivity index (χ0) is 14.1. The molecule has 1 aromatic carbocycles. The fourth-order valence-electron chi connectivity index (χ4n) is 2.27. The highest BCUT2D eigenvalue weighted by molar-refractivity contribution is 7.15. The van der Waals surface area contributed by atoms with Crippen molar-refractivity contribution in [1.29, 1.82) is 0 Å². The van der Waals surface area contributed by atoms with Gasteiger partial charge in [-0.2, -0.15) is 0 Å². The van der Waals surface area contributed by atoms with Gasteiger partial charge in [0.2, 0.25) is 0 Å². The van der Waals surface area contributed by atoms with Crippen LogP contribution in [0.5, 0.6) is 0 Å². The Morgan fingerprint density at radius 1 is 1.35 bits per heavy atom. The number of hydrogen-bond acceptors (Lipinski definition) is 4. The van der Waals surface area contributed by atoms with E-state index >= 15 is 0 Å². The summed E-state index contributed by atoms with van der Waals surface area (Å²) in [6.07, 6.45) is 2.52. The first kappa shape index (κ1) is 13.9. The number of rotatable bonds is 5. The average Bonchev–Trinajstić information content (AvgIpc) is 3.20. The Kier molecular flexibility index (Phi) is 3.96. The highest BCUT2D eigenvalue weighted by Crippen LogP contribution is 2.44. The van der Waals surface area contributed by atoms with Crippen LogP contribution in [0.1, 0.15) is 34.9 Å². The van der Waals surface area contributed by atoms with E-state index in [1.54, 1.807) is 11.3 Å². The summed E-state index contributed by atoms with van der Waals surface area (Å²) in [5.41, 5.74) is 8.30. The molecule has 1 heterocycles. The van der Waals surface area contributed by atoms with Gasteiger partial charge < -0.3 is 10.6 Å². The lowest BCUT2D eigenvalue weighted by Gasteiger charge is -2.15. The summed E-state index contributed by atoms with van der Waals surface area (Å²) in [5, 5.41) is 1.83. The standard InChI is InChI=1S/C15H18ClN3S/c1-19(9-10-2-6-12(16)7-3-10)15-18-14(11-4-5-11)13(8-17)20-15/h2-3,6-7,11H,4-5,8-9,17H2,1H3. The van der Waals surface area contributed by atoms with Crippen LogP contribution in [-0.2, 0) is 13.1 Å². The molecule has 3 nitrogen and oxygen atoms in total. The largest absolute Gasteiger partial charge is 0.347 e. The van der Waals surface area contributed by atoms with Crippen molar-refractivity contribution in [2.45, 2.75) is 31.8 Å². The Morgan fingerprint density at radius 3 is 2.65 bits per heavy atom. The van der Waals surface area contributed by atoms with Crippen molar-refractivity contribution in [2.24, 2.45) is 5.73 Å². The third-order valence-corrected chi connectivity index (χ3v) is 4.98. The molecule has 2 N–H and O–H groups in total. The van der Waals surface area contributed by atoms with Crippen LogP contribution in [0.15, 0.2) is 24.3 Å². The van der Waals surface area contributed by atoms with Crippen LogP contribution >= 0.6 is 22.9 Å². The molecule has 0 radical (unpaired) electrons. The first-order valence-corrected chi connectivity index (χ1v) is 8.02. The third-order valence-electron chi connectivity index (χ3n) is 3.53. The predicted octanol–water partition coefficient (Wildman–Crippen LogP) is 3.77. The number of thiazole rings is 1. The number of nitrogens with zero attached hydrogens (tertiary/aromatic N) is 2. The molecule has 0 unspecified atom stereocenters. The summed E-state index contributed by atoms with van der Waals surface area (Å²) in [7, 11) is 2.07. The number of benzene rings is 1. The maximum atomic E-state index is 5.91. The van der Waals surface area contributed by atoms with Crippen molar-refractivity contribution in [3.05, 3.63) is 45.4 Å². The molecule has 1 aromatic heterocycles. The van der Waals surface area contributed by atoms with E-state index < -0.39 is 0 Å². The van der Waals surface area contributed by atoms with E-state index in [2.05, 4.69) is 24.1 Å². The topological polar surface area (TPSA) is 42.2 Å². The Bertz CT molecular complexity index is 590. The summed E-state index contributed by atoms with van der Waals surface area (Å²) in [5.74, 6) is 0.655. The molecule has 1 fully saturated rings. The van der Waals surface area contributed by atoms with Gasteiger partial charge >= 0.3 is 0 Å². The molecule has 0 bridgehead atoms. The summed E-state index contributed by atoms with van der Waals surface area (Å²) >= 11 is 7.63. The fraction of sp³-hybridized carbons (Fsp3) is 0.400. The lowest BCUT2D eigenvalue weighted by molar-refractivity contribution is 0.897. The summed E-state index contributed by atoms with van der Waals surface area (Å²) in [6, 6.07) is 7.96. The Morgan fingerprint density at radius 2 is 2.05 bits per heavy atom. The number of aromatic nitrogens is 1. The first-order chi connectivity index (χ1) is 9.67. The smallest absolute Gasteiger partial charge is 0.185 e. The van der Waals surface area contributed by atoms with Gasteiger partial charge in [-0.25, -0.2) is 4.98 Å². The van der Waals surface area contributed by atoms with Gasteiger partial charge in [-0.05, 0) is 30.5 Å². The zero-order valence-corrected chi connectivity index (χ0v) is 13.0. The maximum Gasteiger partial charge on any atom is 0.185 e. The molecule has 0 atom stereocenters. The first-order valence-electron chi connectivity index (χ1n) is 6.82. The summed E-state index contributed by atoms with van der Waals surface area (Å²) < 4.78 is 0. The minimum absolute atomic E-state index is 0.596. The van der Waals surface area contributed by atoms with Crippen molar-refractivity contribution in [3.63, 3.8) is 0 Å². The van der Waals surface area contributed by atoms with Crippen LogP contribution < -0.4 is 10.6 Å². The monoisotopic (exact) mass is 307 g/mol. The van der Waals surface area contributed by atoms with Gasteiger partial charge in [0.25, 0.3) is 0 Å². The number of nitrogens with two attached hydrogens (primary N) is 1. The Hall–Kier alpha value is -1.10. The van der Waals surface area contributed by atoms with Gasteiger partial charge in [-0.1, -0.05) is 23.7 Å². The van der Waals surface area contributed by atoms with E-state index in [0.29, 0.717) is 12.5 Å². The van der Waals surface area contributed by atoms with Gasteiger partial charge in [0.05, 0.1) is 5.69 Å². The highest BCUT2D eigenvalue weighted by atomic mass is 35.5. The molecule has 2 aromatic rings. The molecule has 1 aliphatic carbocycles. The van der Waals surface area contributed by atoms with Gasteiger partial charge in [-0.15, -0.1) is 11.3 Å². The normalized spacial score (nSPS) is 14.6. The second-order valence-electron chi connectivity index (χ2n) is 5.27. The van der Waals surface area contributed by atoms with Gasteiger partial charge in [0.15, 0.2) is 5.13 Å². The minimum Gasteiger partial charge on any atom is -0.347 e. The van der Waals surface area contributed by atoms with Crippen LogP contribution in [0.3, 0.4) is 0 Å². The lowest BCUT2D eigenvalue weighted by Crippen LogP contribution is -2.16. The molecular formula is C15H18ClN3S. The van der Waals surface area contributed by atoms with Crippen LogP contribution in [0, 0.1) is 0 Å². The van der Waals surface area contributed by atoms with Crippen molar-refractivity contribution in [3.8, 4) is 0 Å². The van der Waals surface area contributed by atoms with Gasteiger partial charge in [0.1, 0.15) is 0 Å². The molecule has 5 heteroatoms. The minimum atomic E-state index is 0.596. The zero-order valence-electron chi connectivity index (χ0n) is 11.5. The van der Waals surface area contributed by atoms with Crippen molar-refractivity contribution < 1.29 is 0 Å². The van der Waals surface area contributed by atoms with Gasteiger partial charge in [-0.3, -0.25) is 0 Å². The van der Waals surface area contributed by atoms with Gasteiger partial charge in [0, 0.05) is 36.0 Å². The molecule has 0 amide bonds. The molecule has 3 rings (SSSR count). The molecule has 20 heavy (non-hydrogen) atoms. The van der Waals surface area contributed by atoms with Crippen LogP contribution in [0.4, 0.5) is 5.13 Å². The van der Waals surface area contributed by atoms with Crippen LogP contribution in [-0.4, -0.2) is 12.0 Å². The van der Waals surface area contributed by atoms with E-state index in [9.17, 15) is 0 Å². The SMILES string of the molecule is CN(Cc1ccc(Cl)cc1)c1nc(C2CC2)c(CN)s1. The Balaban J connectivity index is 1.76. The predicted molar refractivity (Wildman–Crippen MR) is 85.5 cm³/mol. The van der Waals surface area contributed by atoms with E-state index in [0.717, 1.165) is 16.7 Å². The molecular weight excluding hydrogens is 290 g/mol. The number of hydrogen-bond donors (Lipinski definition) is 1. The lowest BCUT2D eigenvalue weighted by atomic mass is 10.2. The number of halogens is 1. The number of anilines is 1. The maximum absolute atomic E-state index is 5.91. The quantitative estimate of drug-likeness (QED) is 0.914. The van der Waals surface area contributed by atoms with Crippen molar-refractivity contribution >= 4 is 28.1 Å². The second kappa shape index (κ2) is 5.72. The van der Waals surface area contributed by atoms with E-state index in [-0.39, 0.29) is 0 Å². The highest BCUT2D eigenvalue weighted by Gasteiger charge is 2.29. The average molecular weight is 308 g/mol. The molecule has 0 aliphatic heterocycles. The van der Waals surface area contributed by atoms with E-state index in [1.165, 1.54) is 29.0 Å². The summed E-state index contributed by atoms with van der Waals surface area (Å²) in [4.78, 5) is 8.22. The molecule has 1 saturated carbocycles. The van der Waals surface area contributed by atoms with Crippen LogP contribution in [0.25, 0.3) is 0 Å². The second-order valence-corrected chi connectivity index (χ2v) is 6.76.